The average molecular weight is 470 g/mol. The highest BCUT2D eigenvalue weighted by Crippen LogP contribution is 2.41. The minimum atomic E-state index is -0.897. The van der Waals surface area contributed by atoms with E-state index in [4.69, 9.17) is 0 Å². The Bertz CT molecular complexity index is 1180. The second-order valence-corrected chi connectivity index (χ2v) is 9.54. The smallest absolute Gasteiger partial charge is 0.256 e. The molecule has 2 aliphatic rings. The van der Waals surface area contributed by atoms with Gasteiger partial charge < -0.3 is 20.2 Å². The van der Waals surface area contributed by atoms with Crippen molar-refractivity contribution in [1.29, 1.82) is 0 Å². The van der Waals surface area contributed by atoms with Gasteiger partial charge in [0.15, 0.2) is 6.23 Å². The third kappa shape index (κ3) is 4.69. The zero-order valence-corrected chi connectivity index (χ0v) is 19.7. The van der Waals surface area contributed by atoms with E-state index in [0.717, 1.165) is 42.4 Å². The molecule has 1 heterocycles. The molecule has 1 amide bonds. The second-order valence-electron chi connectivity index (χ2n) is 9.54. The number of allylic oxidation sites excluding steroid dienone is 1. The normalized spacial score (nSPS) is 17.6. The fraction of sp³-hybridized carbons (Fsp3) is 0.300. The molecule has 180 valence electrons. The molecule has 5 rings (SSSR count). The molecular weight excluding hydrogens is 438 g/mol. The van der Waals surface area contributed by atoms with E-state index in [2.05, 4.69) is 0 Å². The van der Waals surface area contributed by atoms with E-state index in [1.807, 2.05) is 42.5 Å². The van der Waals surface area contributed by atoms with E-state index >= 15 is 0 Å². The molecule has 5 heteroatoms. The van der Waals surface area contributed by atoms with E-state index in [0.29, 0.717) is 23.6 Å². The minimum Gasteiger partial charge on any atom is -0.508 e. The summed E-state index contributed by atoms with van der Waals surface area (Å²) in [6, 6.07) is 21.9. The van der Waals surface area contributed by atoms with Crippen LogP contribution in [-0.2, 0) is 0 Å². The van der Waals surface area contributed by atoms with Gasteiger partial charge in [-0.05, 0) is 78.6 Å². The number of carbonyl (C=O) groups excluding carboxylic acids is 1. The molecule has 0 saturated heterocycles. The van der Waals surface area contributed by atoms with Gasteiger partial charge in [0, 0.05) is 17.7 Å². The van der Waals surface area contributed by atoms with Crippen molar-refractivity contribution in [3.8, 4) is 11.5 Å². The van der Waals surface area contributed by atoms with Gasteiger partial charge in [0.2, 0.25) is 0 Å². The molecule has 0 aromatic heterocycles. The van der Waals surface area contributed by atoms with Crippen molar-refractivity contribution in [2.75, 3.05) is 6.54 Å². The fourth-order valence-corrected chi connectivity index (χ4v) is 5.62. The van der Waals surface area contributed by atoms with Crippen LogP contribution in [0.15, 0.2) is 78.4 Å². The van der Waals surface area contributed by atoms with Gasteiger partial charge in [-0.2, -0.15) is 0 Å². The highest BCUT2D eigenvalue weighted by molar-refractivity contribution is 5.98. The van der Waals surface area contributed by atoms with Crippen LogP contribution >= 0.6 is 0 Å². The summed E-state index contributed by atoms with van der Waals surface area (Å²) in [5.74, 6) is 0.783. The van der Waals surface area contributed by atoms with Crippen LogP contribution < -0.4 is 0 Å². The number of hydrogen-bond donors (Lipinski definition) is 3. The fourth-order valence-electron chi connectivity index (χ4n) is 5.62. The summed E-state index contributed by atoms with van der Waals surface area (Å²) in [6.07, 6.45) is 5.30. The Balaban J connectivity index is 1.47. The van der Waals surface area contributed by atoms with Gasteiger partial charge in [0.25, 0.3) is 5.91 Å². The lowest BCUT2D eigenvalue weighted by Gasteiger charge is -2.25. The molecular formula is C30H31NO4. The Kier molecular flexibility index (Phi) is 6.60. The van der Waals surface area contributed by atoms with Gasteiger partial charge in [-0.25, -0.2) is 0 Å². The predicted octanol–water partition coefficient (Wildman–Crippen LogP) is 6.02. The number of hydrogen-bond acceptors (Lipinski definition) is 4. The zero-order valence-electron chi connectivity index (χ0n) is 19.7. The molecule has 3 aromatic rings. The van der Waals surface area contributed by atoms with Crippen LogP contribution in [0.3, 0.4) is 0 Å². The highest BCUT2D eigenvalue weighted by atomic mass is 16.3. The molecule has 0 bridgehead atoms. The van der Waals surface area contributed by atoms with Crippen molar-refractivity contribution < 1.29 is 20.1 Å². The standard InChI is InChI=1S/C30H31NO4/c32-23-15-11-21(12-16-23)28(22-13-17-24(33)18-14-22)25(20-6-1-2-7-20)10-5-19-31-29(34)26-8-3-4-9-27(26)30(31)35/h3-4,8-9,11-18,20,29,32-34H,1-2,5-7,10,19H2. The molecule has 5 nitrogen and oxygen atoms in total. The molecule has 35 heavy (non-hydrogen) atoms. The predicted molar refractivity (Wildman–Crippen MR) is 136 cm³/mol. The third-order valence-electron chi connectivity index (χ3n) is 7.35. The number of phenolic OH excluding ortho intramolecular Hbond substituents is 2. The lowest BCUT2D eigenvalue weighted by molar-refractivity contribution is 0.0172. The summed E-state index contributed by atoms with van der Waals surface area (Å²) >= 11 is 0. The number of aliphatic hydroxyl groups excluding tert-OH is 1. The zero-order chi connectivity index (χ0) is 24.4. The summed E-state index contributed by atoms with van der Waals surface area (Å²) in [6.45, 7) is 0.476. The first kappa shape index (κ1) is 23.2. The second kappa shape index (κ2) is 9.96. The van der Waals surface area contributed by atoms with Crippen molar-refractivity contribution in [2.24, 2.45) is 5.92 Å². The number of amides is 1. The van der Waals surface area contributed by atoms with Crippen LogP contribution in [0.1, 0.15) is 71.8 Å². The Morgan fingerprint density at radius 1 is 0.829 bits per heavy atom. The van der Waals surface area contributed by atoms with Gasteiger partial charge in [-0.3, -0.25) is 4.79 Å². The van der Waals surface area contributed by atoms with Gasteiger partial charge in [-0.1, -0.05) is 60.9 Å². The molecule has 0 spiro atoms. The number of phenols is 2. The van der Waals surface area contributed by atoms with Gasteiger partial charge in [0.05, 0.1) is 0 Å². The first-order chi connectivity index (χ1) is 17.0. The van der Waals surface area contributed by atoms with Gasteiger partial charge >= 0.3 is 0 Å². The van der Waals surface area contributed by atoms with Crippen LogP contribution in [0, 0.1) is 5.92 Å². The average Bonchev–Trinajstić information content (AvgIpc) is 3.49. The number of rotatable bonds is 7. The van der Waals surface area contributed by atoms with Crippen molar-refractivity contribution >= 4 is 11.5 Å². The molecule has 1 atom stereocenters. The number of fused-ring (bicyclic) bond motifs is 1. The number of aliphatic hydroxyl groups is 1. The summed E-state index contributed by atoms with van der Waals surface area (Å²) in [5.41, 5.74) is 5.80. The molecule has 3 N–H and O–H groups in total. The van der Waals surface area contributed by atoms with Crippen molar-refractivity contribution in [1.82, 2.24) is 4.90 Å². The highest BCUT2D eigenvalue weighted by Gasteiger charge is 2.34. The number of nitrogens with zero attached hydrogens (tertiary/aromatic N) is 1. The Morgan fingerprint density at radius 3 is 1.97 bits per heavy atom. The molecule has 1 aliphatic carbocycles. The monoisotopic (exact) mass is 469 g/mol. The largest absolute Gasteiger partial charge is 0.508 e. The summed E-state index contributed by atoms with van der Waals surface area (Å²) in [4.78, 5) is 14.5. The summed E-state index contributed by atoms with van der Waals surface area (Å²) in [5, 5.41) is 30.5. The SMILES string of the molecule is O=C1c2ccccc2C(O)N1CCCC(=C(c1ccc(O)cc1)c1ccc(O)cc1)C1CCCC1. The molecule has 1 unspecified atom stereocenters. The Labute approximate surface area is 206 Å². The minimum absolute atomic E-state index is 0.114. The molecule has 1 saturated carbocycles. The van der Waals surface area contributed by atoms with Crippen molar-refractivity contribution in [3.05, 3.63) is 101 Å². The Morgan fingerprint density at radius 2 is 1.40 bits per heavy atom. The third-order valence-corrected chi connectivity index (χ3v) is 7.35. The van der Waals surface area contributed by atoms with E-state index in [1.165, 1.54) is 18.4 Å². The lowest BCUT2D eigenvalue weighted by atomic mass is 9.83. The number of aromatic hydroxyl groups is 2. The van der Waals surface area contributed by atoms with E-state index in [-0.39, 0.29) is 17.4 Å². The maximum atomic E-state index is 12.9. The van der Waals surface area contributed by atoms with Crippen LogP contribution in [0.25, 0.3) is 5.57 Å². The quantitative estimate of drug-likeness (QED) is 0.395. The Hall–Kier alpha value is -3.57. The van der Waals surface area contributed by atoms with Gasteiger partial charge in [0.1, 0.15) is 11.5 Å². The van der Waals surface area contributed by atoms with Crippen LogP contribution in [0.2, 0.25) is 0 Å². The van der Waals surface area contributed by atoms with E-state index < -0.39 is 6.23 Å². The topological polar surface area (TPSA) is 81.0 Å². The first-order valence-electron chi connectivity index (χ1n) is 12.4. The maximum Gasteiger partial charge on any atom is 0.256 e. The van der Waals surface area contributed by atoms with Crippen LogP contribution in [-0.4, -0.2) is 32.7 Å². The summed E-state index contributed by atoms with van der Waals surface area (Å²) < 4.78 is 0. The van der Waals surface area contributed by atoms with Crippen molar-refractivity contribution in [3.63, 3.8) is 0 Å². The molecule has 0 radical (unpaired) electrons. The van der Waals surface area contributed by atoms with E-state index in [9.17, 15) is 20.1 Å². The number of carbonyl (C=O) groups is 1. The van der Waals surface area contributed by atoms with Crippen molar-refractivity contribution in [2.45, 2.75) is 44.8 Å². The summed E-state index contributed by atoms with van der Waals surface area (Å²) in [7, 11) is 0. The molecule has 3 aromatic carbocycles. The lowest BCUT2D eigenvalue weighted by Crippen LogP contribution is -2.29. The first-order valence-corrected chi connectivity index (χ1v) is 12.4. The molecule has 1 aliphatic heterocycles. The maximum absolute atomic E-state index is 12.9. The molecule has 1 fully saturated rings. The van der Waals surface area contributed by atoms with E-state index in [1.54, 1.807) is 35.2 Å². The number of benzene rings is 3. The van der Waals surface area contributed by atoms with Gasteiger partial charge in [-0.15, -0.1) is 0 Å². The van der Waals surface area contributed by atoms with Crippen LogP contribution in [0.5, 0.6) is 11.5 Å². The van der Waals surface area contributed by atoms with Crippen LogP contribution in [0.4, 0.5) is 0 Å².